The third-order valence-electron chi connectivity index (χ3n) is 3.06. The first-order valence-corrected chi connectivity index (χ1v) is 7.63. The van der Waals surface area contributed by atoms with Crippen molar-refractivity contribution in [3.05, 3.63) is 23.8 Å². The highest BCUT2D eigenvalue weighted by Gasteiger charge is 2.28. The van der Waals surface area contributed by atoms with E-state index in [2.05, 4.69) is 15.4 Å². The van der Waals surface area contributed by atoms with Gasteiger partial charge < -0.3 is 20.1 Å². The molecule has 0 saturated heterocycles. The Hall–Kier alpha value is -2.47. The third-order valence-corrected chi connectivity index (χ3v) is 3.06. The maximum absolute atomic E-state index is 12.2. The summed E-state index contributed by atoms with van der Waals surface area (Å²) in [5.74, 6) is -0.191. The molecule has 0 saturated carbocycles. The molecule has 2 N–H and O–H groups in total. The van der Waals surface area contributed by atoms with Gasteiger partial charge in [0, 0.05) is 25.9 Å². The molecule has 0 radical (unpaired) electrons. The molecule has 0 spiro atoms. The summed E-state index contributed by atoms with van der Waals surface area (Å²) in [6, 6.07) is 5.12. The number of hydrogen-bond donors (Lipinski definition) is 2. The number of urea groups is 1. The van der Waals surface area contributed by atoms with Crippen LogP contribution in [0.5, 0.6) is 5.75 Å². The van der Waals surface area contributed by atoms with Crippen LogP contribution in [0, 0.1) is 11.3 Å². The molecule has 1 rings (SSSR count). The maximum Gasteiger partial charge on any atom is 0.422 e. The van der Waals surface area contributed by atoms with Crippen LogP contribution in [0.25, 0.3) is 0 Å². The second-order valence-electron chi connectivity index (χ2n) is 5.16. The maximum atomic E-state index is 12.2. The van der Waals surface area contributed by atoms with Crippen LogP contribution in [-0.2, 0) is 4.74 Å². The Morgan fingerprint density at radius 2 is 2.04 bits per heavy atom. The van der Waals surface area contributed by atoms with Crippen LogP contribution >= 0.6 is 0 Å². The molecule has 0 bridgehead atoms. The van der Waals surface area contributed by atoms with E-state index in [-0.39, 0.29) is 17.0 Å². The molecule has 1 aromatic carbocycles. The number of alkyl halides is 3. The lowest BCUT2D eigenvalue weighted by Crippen LogP contribution is -2.29. The number of anilines is 1. The second-order valence-corrected chi connectivity index (χ2v) is 5.16. The van der Waals surface area contributed by atoms with Crippen molar-refractivity contribution in [1.82, 2.24) is 5.32 Å². The first kappa shape index (κ1) is 20.6. The minimum Gasteiger partial charge on any atom is -0.483 e. The lowest BCUT2D eigenvalue weighted by Gasteiger charge is -2.12. The molecule has 0 aliphatic rings. The molecule has 0 unspecified atom stereocenters. The molecule has 0 aliphatic carbocycles. The lowest BCUT2D eigenvalue weighted by molar-refractivity contribution is -0.153. The van der Waals surface area contributed by atoms with Gasteiger partial charge in [-0.15, -0.1) is 0 Å². The summed E-state index contributed by atoms with van der Waals surface area (Å²) in [4.78, 5) is 11.7. The molecule has 138 valence electrons. The van der Waals surface area contributed by atoms with Gasteiger partial charge in [0.1, 0.15) is 11.8 Å². The highest BCUT2D eigenvalue weighted by molar-refractivity contribution is 5.89. The van der Waals surface area contributed by atoms with Gasteiger partial charge >= 0.3 is 12.2 Å². The van der Waals surface area contributed by atoms with E-state index in [9.17, 15) is 18.0 Å². The van der Waals surface area contributed by atoms with Crippen LogP contribution in [-0.4, -0.2) is 39.1 Å². The SMILES string of the molecule is COCCCCCNC(=O)Nc1ccc(OCC(F)(F)F)c(C#N)c1. The normalized spacial score (nSPS) is 10.8. The number of amides is 2. The van der Waals surface area contributed by atoms with E-state index < -0.39 is 18.8 Å². The quantitative estimate of drug-likeness (QED) is 0.662. The van der Waals surface area contributed by atoms with E-state index >= 15 is 0 Å². The van der Waals surface area contributed by atoms with Crippen LogP contribution in [0.1, 0.15) is 24.8 Å². The molecule has 1 aromatic rings. The summed E-state index contributed by atoms with van der Waals surface area (Å²) >= 11 is 0. The lowest BCUT2D eigenvalue weighted by atomic mass is 10.2. The van der Waals surface area contributed by atoms with Gasteiger partial charge in [0.05, 0.1) is 5.56 Å². The minimum absolute atomic E-state index is 0.0957. The molecule has 0 fully saturated rings. The zero-order valence-electron chi connectivity index (χ0n) is 13.8. The summed E-state index contributed by atoms with van der Waals surface area (Å²) in [6.45, 7) is -0.336. The van der Waals surface area contributed by atoms with E-state index in [0.717, 1.165) is 19.3 Å². The number of nitrogens with one attached hydrogen (secondary N) is 2. The van der Waals surface area contributed by atoms with Crippen LogP contribution in [0.4, 0.5) is 23.7 Å². The fourth-order valence-electron chi connectivity index (χ4n) is 1.91. The second kappa shape index (κ2) is 10.4. The number of methoxy groups -OCH3 is 1. The number of rotatable bonds is 9. The van der Waals surface area contributed by atoms with Gasteiger partial charge in [-0.3, -0.25) is 0 Å². The molecule has 0 atom stereocenters. The summed E-state index contributed by atoms with van der Waals surface area (Å²) < 4.78 is 46.0. The predicted molar refractivity (Wildman–Crippen MR) is 85.5 cm³/mol. The zero-order chi connectivity index (χ0) is 18.7. The Labute approximate surface area is 143 Å². The van der Waals surface area contributed by atoms with Crippen molar-refractivity contribution in [2.24, 2.45) is 0 Å². The van der Waals surface area contributed by atoms with E-state index in [1.54, 1.807) is 13.2 Å². The molecular weight excluding hydrogens is 339 g/mol. The van der Waals surface area contributed by atoms with E-state index in [4.69, 9.17) is 10.00 Å². The average Bonchev–Trinajstić information content (AvgIpc) is 2.56. The molecule has 25 heavy (non-hydrogen) atoms. The van der Waals surface area contributed by atoms with Crippen molar-refractivity contribution >= 4 is 11.7 Å². The molecule has 6 nitrogen and oxygen atoms in total. The Morgan fingerprint density at radius 1 is 1.28 bits per heavy atom. The smallest absolute Gasteiger partial charge is 0.422 e. The van der Waals surface area contributed by atoms with Crippen molar-refractivity contribution in [3.8, 4) is 11.8 Å². The molecule has 0 aromatic heterocycles. The van der Waals surface area contributed by atoms with Gasteiger partial charge in [0.25, 0.3) is 0 Å². The number of unbranched alkanes of at least 4 members (excludes halogenated alkanes) is 2. The van der Waals surface area contributed by atoms with Crippen molar-refractivity contribution in [1.29, 1.82) is 5.26 Å². The monoisotopic (exact) mass is 359 g/mol. The van der Waals surface area contributed by atoms with Crippen LogP contribution in [0.3, 0.4) is 0 Å². The number of nitriles is 1. The number of carbonyl (C=O) groups is 1. The Morgan fingerprint density at radius 3 is 2.68 bits per heavy atom. The van der Waals surface area contributed by atoms with Crippen molar-refractivity contribution < 1.29 is 27.4 Å². The molecule has 0 aliphatic heterocycles. The number of halogens is 3. The Balaban J connectivity index is 2.48. The van der Waals surface area contributed by atoms with Gasteiger partial charge in [-0.2, -0.15) is 18.4 Å². The highest BCUT2D eigenvalue weighted by atomic mass is 19.4. The van der Waals surface area contributed by atoms with Crippen LogP contribution in [0.15, 0.2) is 18.2 Å². The average molecular weight is 359 g/mol. The molecule has 9 heteroatoms. The Kier molecular flexibility index (Phi) is 8.56. The summed E-state index contributed by atoms with van der Waals surface area (Å²) in [5, 5.41) is 14.2. The van der Waals surface area contributed by atoms with Gasteiger partial charge in [-0.05, 0) is 37.5 Å². The topological polar surface area (TPSA) is 83.4 Å². The standard InChI is InChI=1S/C16H20F3N3O3/c1-24-8-4-2-3-7-21-15(23)22-13-5-6-14(12(9-13)10-20)25-11-16(17,18)19/h5-6,9H,2-4,7-8,11H2,1H3,(H2,21,22,23). The van der Waals surface area contributed by atoms with Gasteiger partial charge in [-0.25, -0.2) is 4.79 Å². The van der Waals surface area contributed by atoms with E-state index in [0.29, 0.717) is 13.2 Å². The zero-order valence-corrected chi connectivity index (χ0v) is 13.8. The first-order valence-electron chi connectivity index (χ1n) is 7.63. The fourth-order valence-corrected chi connectivity index (χ4v) is 1.91. The number of nitrogens with zero attached hydrogens (tertiary/aromatic N) is 1. The predicted octanol–water partition coefficient (Wildman–Crippen LogP) is 3.44. The summed E-state index contributed by atoms with van der Waals surface area (Å²) in [5.41, 5.74) is 0.189. The molecule has 0 heterocycles. The molecule has 2 amide bonds. The number of hydrogen-bond acceptors (Lipinski definition) is 4. The van der Waals surface area contributed by atoms with Crippen molar-refractivity contribution in [2.45, 2.75) is 25.4 Å². The largest absolute Gasteiger partial charge is 0.483 e. The fraction of sp³-hybridized carbons (Fsp3) is 0.500. The van der Waals surface area contributed by atoms with Gasteiger partial charge in [-0.1, -0.05) is 0 Å². The van der Waals surface area contributed by atoms with E-state index in [1.807, 2.05) is 0 Å². The van der Waals surface area contributed by atoms with Crippen molar-refractivity contribution in [2.75, 3.05) is 32.2 Å². The first-order chi connectivity index (χ1) is 11.9. The highest BCUT2D eigenvalue weighted by Crippen LogP contribution is 2.24. The summed E-state index contributed by atoms with van der Waals surface area (Å²) in [6.07, 6.45) is -1.88. The van der Waals surface area contributed by atoms with Crippen LogP contribution in [0.2, 0.25) is 0 Å². The van der Waals surface area contributed by atoms with Gasteiger partial charge in [0.2, 0.25) is 0 Å². The van der Waals surface area contributed by atoms with E-state index in [1.165, 1.54) is 18.2 Å². The number of ether oxygens (including phenoxy) is 2. The Bertz CT molecular complexity index is 601. The molecular formula is C16H20F3N3O3. The number of benzene rings is 1. The van der Waals surface area contributed by atoms with Crippen LogP contribution < -0.4 is 15.4 Å². The third kappa shape index (κ3) is 8.81. The van der Waals surface area contributed by atoms with Crippen molar-refractivity contribution in [3.63, 3.8) is 0 Å². The minimum atomic E-state index is -4.49. The summed E-state index contributed by atoms with van der Waals surface area (Å²) in [7, 11) is 1.63. The van der Waals surface area contributed by atoms with Gasteiger partial charge in [0.15, 0.2) is 6.61 Å². The number of carbonyl (C=O) groups excluding carboxylic acids is 1.